The van der Waals surface area contributed by atoms with Crippen molar-refractivity contribution in [3.63, 3.8) is 0 Å². The number of nitrogens with one attached hydrogen (secondary N) is 1. The molecule has 0 aromatic heterocycles. The summed E-state index contributed by atoms with van der Waals surface area (Å²) in [6.45, 7) is 2.91. The van der Waals surface area contributed by atoms with Gasteiger partial charge in [-0.2, -0.15) is 0 Å². The van der Waals surface area contributed by atoms with Gasteiger partial charge in [-0.1, -0.05) is 12.1 Å². The third-order valence-corrected chi connectivity index (χ3v) is 5.99. The molecule has 3 amide bonds. The number of urea groups is 1. The van der Waals surface area contributed by atoms with E-state index in [9.17, 15) is 28.1 Å². The fraction of sp³-hybridized carbons (Fsp3) is 0.300. The number of carbonyl (C=O) groups excluding carboxylic acids is 2. The monoisotopic (exact) mass is 446 g/mol. The molecule has 0 unspecified atom stereocenters. The minimum Gasteiger partial charge on any atom is -0.335 e. The van der Waals surface area contributed by atoms with Gasteiger partial charge in [0.1, 0.15) is 0 Å². The van der Waals surface area contributed by atoms with Gasteiger partial charge < -0.3 is 15.1 Å². The van der Waals surface area contributed by atoms with Crippen molar-refractivity contribution in [1.82, 2.24) is 9.80 Å². The third-order valence-electron chi connectivity index (χ3n) is 4.90. The highest BCUT2D eigenvalue weighted by atomic mass is 32.2. The van der Waals surface area contributed by atoms with Gasteiger partial charge in [0, 0.05) is 55.8 Å². The molecule has 0 spiro atoms. The van der Waals surface area contributed by atoms with E-state index in [1.54, 1.807) is 11.0 Å². The molecule has 1 saturated heterocycles. The van der Waals surface area contributed by atoms with E-state index in [2.05, 4.69) is 5.32 Å². The number of non-ortho nitro benzene ring substituents is 1. The van der Waals surface area contributed by atoms with Crippen molar-refractivity contribution in [2.45, 2.75) is 11.8 Å². The molecule has 3 rings (SSSR count). The summed E-state index contributed by atoms with van der Waals surface area (Å²) in [7, 11) is -3.73. The van der Waals surface area contributed by atoms with Crippen LogP contribution < -0.4 is 5.32 Å². The smallest absolute Gasteiger partial charge is 0.321 e. The number of hydrogen-bond acceptors (Lipinski definition) is 6. The molecule has 0 aliphatic carbocycles. The summed E-state index contributed by atoms with van der Waals surface area (Å²) >= 11 is 0. The zero-order valence-electron chi connectivity index (χ0n) is 17.1. The molecule has 31 heavy (non-hydrogen) atoms. The van der Waals surface area contributed by atoms with Crippen molar-refractivity contribution >= 4 is 33.2 Å². The van der Waals surface area contributed by atoms with E-state index in [1.807, 2.05) is 25.1 Å². The number of nitro benzene ring substituents is 1. The van der Waals surface area contributed by atoms with E-state index in [1.165, 1.54) is 4.90 Å². The van der Waals surface area contributed by atoms with Crippen molar-refractivity contribution < 1.29 is 22.9 Å². The highest BCUT2D eigenvalue weighted by Crippen LogP contribution is 2.22. The van der Waals surface area contributed by atoms with Gasteiger partial charge in [-0.3, -0.25) is 14.9 Å². The SMILES string of the molecule is Cc1cccc(NC(=O)N2CCN(C(=O)c3cc([N+](=O)[O-])cc(S(C)(=O)=O)c3)CC2)c1. The molecule has 1 N–H and O–H groups in total. The Labute approximate surface area is 179 Å². The second-order valence-corrected chi connectivity index (χ2v) is 9.34. The van der Waals surface area contributed by atoms with Crippen LogP contribution in [0.25, 0.3) is 0 Å². The maximum absolute atomic E-state index is 12.8. The summed E-state index contributed by atoms with van der Waals surface area (Å²) in [5.74, 6) is -0.521. The van der Waals surface area contributed by atoms with Crippen LogP contribution in [0.1, 0.15) is 15.9 Å². The Morgan fingerprint density at radius 3 is 2.26 bits per heavy atom. The highest BCUT2D eigenvalue weighted by Gasteiger charge is 2.27. The van der Waals surface area contributed by atoms with Crippen LogP contribution in [0, 0.1) is 17.0 Å². The molecule has 0 saturated carbocycles. The van der Waals surface area contributed by atoms with E-state index in [0.717, 1.165) is 30.0 Å². The van der Waals surface area contributed by atoms with Gasteiger partial charge in [-0.05, 0) is 30.7 Å². The average Bonchev–Trinajstić information content (AvgIpc) is 2.72. The Morgan fingerprint density at radius 1 is 1.03 bits per heavy atom. The van der Waals surface area contributed by atoms with Gasteiger partial charge >= 0.3 is 6.03 Å². The summed E-state index contributed by atoms with van der Waals surface area (Å²) in [5.41, 5.74) is 1.14. The number of hydrogen-bond donors (Lipinski definition) is 1. The van der Waals surface area contributed by atoms with Crippen molar-refractivity contribution in [3.05, 3.63) is 63.7 Å². The van der Waals surface area contributed by atoms with Gasteiger partial charge in [0.05, 0.1) is 9.82 Å². The molecule has 164 valence electrons. The van der Waals surface area contributed by atoms with Crippen LogP contribution in [-0.4, -0.2) is 67.5 Å². The number of amides is 3. The average molecular weight is 446 g/mol. The lowest BCUT2D eigenvalue weighted by molar-refractivity contribution is -0.385. The molecule has 1 aliphatic rings. The topological polar surface area (TPSA) is 130 Å². The van der Waals surface area contributed by atoms with Crippen LogP contribution >= 0.6 is 0 Å². The van der Waals surface area contributed by atoms with Gasteiger partial charge in [0.15, 0.2) is 9.84 Å². The number of piperazine rings is 1. The first-order valence-corrected chi connectivity index (χ1v) is 11.3. The molecular formula is C20H22N4O6S. The molecule has 2 aromatic carbocycles. The van der Waals surface area contributed by atoms with Crippen molar-refractivity contribution in [3.8, 4) is 0 Å². The van der Waals surface area contributed by atoms with Crippen LogP contribution in [0.15, 0.2) is 47.4 Å². The molecule has 1 aliphatic heterocycles. The van der Waals surface area contributed by atoms with Gasteiger partial charge in [0.25, 0.3) is 11.6 Å². The number of rotatable bonds is 4. The Balaban J connectivity index is 1.69. The number of sulfone groups is 1. The second-order valence-electron chi connectivity index (χ2n) is 7.32. The summed E-state index contributed by atoms with van der Waals surface area (Å²) < 4.78 is 23.7. The maximum atomic E-state index is 12.8. The number of aryl methyl sites for hydroxylation is 1. The lowest BCUT2D eigenvalue weighted by Crippen LogP contribution is -2.51. The Morgan fingerprint density at radius 2 is 1.68 bits per heavy atom. The predicted molar refractivity (Wildman–Crippen MR) is 114 cm³/mol. The number of nitro groups is 1. The van der Waals surface area contributed by atoms with E-state index in [4.69, 9.17) is 0 Å². The predicted octanol–water partition coefficient (Wildman–Crippen LogP) is 2.30. The molecule has 10 nitrogen and oxygen atoms in total. The van der Waals surface area contributed by atoms with Crippen LogP contribution in [0.4, 0.5) is 16.2 Å². The van der Waals surface area contributed by atoms with Crippen LogP contribution in [0.2, 0.25) is 0 Å². The minimum atomic E-state index is -3.73. The Bertz CT molecular complexity index is 1140. The largest absolute Gasteiger partial charge is 0.335 e. The number of benzene rings is 2. The molecule has 0 bridgehead atoms. The van der Waals surface area contributed by atoms with Crippen LogP contribution in [0.3, 0.4) is 0 Å². The quantitative estimate of drug-likeness (QED) is 0.567. The minimum absolute atomic E-state index is 0.0766. The third kappa shape index (κ3) is 5.37. The second kappa shape index (κ2) is 8.72. The number of nitrogens with zero attached hydrogens (tertiary/aromatic N) is 3. The van der Waals surface area contributed by atoms with E-state index in [0.29, 0.717) is 5.69 Å². The fourth-order valence-electron chi connectivity index (χ4n) is 3.25. The van der Waals surface area contributed by atoms with Crippen LogP contribution in [-0.2, 0) is 9.84 Å². The molecular weight excluding hydrogens is 424 g/mol. The van der Waals surface area contributed by atoms with Gasteiger partial charge in [0.2, 0.25) is 0 Å². The first kappa shape index (κ1) is 22.2. The first-order valence-electron chi connectivity index (χ1n) is 9.46. The zero-order valence-corrected chi connectivity index (χ0v) is 17.9. The van der Waals surface area contributed by atoms with Gasteiger partial charge in [-0.25, -0.2) is 13.2 Å². The van der Waals surface area contributed by atoms with E-state index >= 15 is 0 Å². The molecule has 1 heterocycles. The normalized spacial score (nSPS) is 14.3. The number of anilines is 1. The lowest BCUT2D eigenvalue weighted by atomic mass is 10.1. The molecule has 0 atom stereocenters. The fourth-order valence-corrected chi connectivity index (χ4v) is 3.92. The molecule has 0 radical (unpaired) electrons. The Hall–Kier alpha value is -3.47. The summed E-state index contributed by atoms with van der Waals surface area (Å²) in [6.07, 6.45) is 0.923. The molecule has 1 fully saturated rings. The van der Waals surface area contributed by atoms with Crippen molar-refractivity contribution in [2.24, 2.45) is 0 Å². The van der Waals surface area contributed by atoms with Crippen molar-refractivity contribution in [1.29, 1.82) is 0 Å². The zero-order chi connectivity index (χ0) is 22.8. The summed E-state index contributed by atoms with van der Waals surface area (Å²) in [4.78, 5) is 38.5. The molecule has 2 aromatic rings. The van der Waals surface area contributed by atoms with Crippen LogP contribution in [0.5, 0.6) is 0 Å². The highest BCUT2D eigenvalue weighted by molar-refractivity contribution is 7.90. The van der Waals surface area contributed by atoms with Crippen molar-refractivity contribution in [2.75, 3.05) is 37.8 Å². The number of carbonyl (C=O) groups is 2. The van der Waals surface area contributed by atoms with Gasteiger partial charge in [-0.15, -0.1) is 0 Å². The lowest BCUT2D eigenvalue weighted by Gasteiger charge is -2.34. The maximum Gasteiger partial charge on any atom is 0.321 e. The standard InChI is InChI=1S/C20H22N4O6S/c1-14-4-3-5-16(10-14)21-20(26)23-8-6-22(7-9-23)19(25)15-11-17(24(27)28)13-18(12-15)31(2,29)30/h3-5,10-13H,6-9H2,1-2H3,(H,21,26). The van der Waals surface area contributed by atoms with E-state index in [-0.39, 0.29) is 42.7 Å². The first-order chi connectivity index (χ1) is 14.5. The van der Waals surface area contributed by atoms with E-state index < -0.39 is 26.4 Å². The molecule has 11 heteroatoms. The Kier molecular flexibility index (Phi) is 6.25. The summed E-state index contributed by atoms with van der Waals surface area (Å²) in [5, 5.41) is 14.0. The summed E-state index contributed by atoms with van der Waals surface area (Å²) in [6, 6.07) is 10.2.